The van der Waals surface area contributed by atoms with E-state index in [0.29, 0.717) is 34.1 Å². The van der Waals surface area contributed by atoms with Crippen LogP contribution < -0.4 is 11.2 Å². The molecule has 0 bridgehead atoms. The molecule has 0 N–H and O–H groups in total. The molecule has 0 amide bonds. The fourth-order valence-corrected chi connectivity index (χ4v) is 3.59. The van der Waals surface area contributed by atoms with E-state index in [0.717, 1.165) is 10.1 Å². The number of nitro groups is 1. The number of nitro benzene ring substituents is 1. The maximum atomic E-state index is 12.6. The molecule has 0 unspecified atom stereocenters. The summed E-state index contributed by atoms with van der Waals surface area (Å²) in [6.45, 7) is 1.89. The van der Waals surface area contributed by atoms with Crippen molar-refractivity contribution in [1.29, 1.82) is 0 Å². The number of rotatable bonds is 5. The van der Waals surface area contributed by atoms with Crippen LogP contribution in [0.4, 0.5) is 5.69 Å². The molecule has 0 radical (unpaired) electrons. The van der Waals surface area contributed by atoms with Gasteiger partial charge < -0.3 is 0 Å². The number of aromatic nitrogens is 4. The molecule has 0 fully saturated rings. The van der Waals surface area contributed by atoms with Crippen molar-refractivity contribution in [1.82, 2.24) is 19.1 Å². The summed E-state index contributed by atoms with van der Waals surface area (Å²) in [4.78, 5) is 43.9. The summed E-state index contributed by atoms with van der Waals surface area (Å²) in [6, 6.07) is 6.22. The van der Waals surface area contributed by atoms with Crippen LogP contribution in [0.25, 0.3) is 11.0 Å². The molecule has 2 heterocycles. The van der Waals surface area contributed by atoms with Gasteiger partial charge in [-0.3, -0.25) is 24.0 Å². The molecule has 3 aromatic rings. The van der Waals surface area contributed by atoms with Gasteiger partial charge in [0.25, 0.3) is 11.2 Å². The highest BCUT2D eigenvalue weighted by molar-refractivity contribution is 7.98. The molecule has 0 aliphatic carbocycles. The Hall–Kier alpha value is -3.01. The van der Waals surface area contributed by atoms with Crippen LogP contribution in [-0.4, -0.2) is 24.0 Å². The minimum Gasteiger partial charge on any atom is -0.280 e. The van der Waals surface area contributed by atoms with Crippen molar-refractivity contribution >= 4 is 28.5 Å². The third-order valence-electron chi connectivity index (χ3n) is 4.15. The van der Waals surface area contributed by atoms with Crippen LogP contribution in [-0.2, 0) is 26.3 Å². The minimum absolute atomic E-state index is 0.0216. The van der Waals surface area contributed by atoms with Crippen molar-refractivity contribution < 1.29 is 4.92 Å². The maximum Gasteiger partial charge on any atom is 0.332 e. The Morgan fingerprint density at radius 1 is 1.11 bits per heavy atom. The molecule has 0 saturated carbocycles. The molecule has 27 heavy (non-hydrogen) atoms. The number of hydrogen-bond acceptors (Lipinski definition) is 7. The first-order chi connectivity index (χ1) is 12.8. The summed E-state index contributed by atoms with van der Waals surface area (Å²) in [5, 5.41) is 11.5. The number of nitrogens with zero attached hydrogens (tertiary/aromatic N) is 5. The molecular weight excluding hydrogens is 370 g/mol. The predicted octanol–water partition coefficient (Wildman–Crippen LogP) is 1.79. The normalized spacial score (nSPS) is 11.1. The molecule has 0 aliphatic rings. The van der Waals surface area contributed by atoms with Crippen LogP contribution in [0.1, 0.15) is 18.3 Å². The molecule has 1 aromatic carbocycles. The Morgan fingerprint density at radius 3 is 2.37 bits per heavy atom. The molecule has 9 nitrogen and oxygen atoms in total. The molecule has 3 rings (SSSR count). The van der Waals surface area contributed by atoms with Crippen molar-refractivity contribution in [2.45, 2.75) is 24.1 Å². The average Bonchev–Trinajstić information content (AvgIpc) is 2.68. The summed E-state index contributed by atoms with van der Waals surface area (Å²) in [5.41, 5.74) is 0.299. The second kappa shape index (κ2) is 7.31. The summed E-state index contributed by atoms with van der Waals surface area (Å²) < 4.78 is 2.38. The highest BCUT2D eigenvalue weighted by atomic mass is 32.2. The second-order valence-electron chi connectivity index (χ2n) is 5.92. The van der Waals surface area contributed by atoms with E-state index in [4.69, 9.17) is 0 Å². The minimum atomic E-state index is -0.452. The van der Waals surface area contributed by atoms with Gasteiger partial charge in [0.05, 0.1) is 4.92 Å². The van der Waals surface area contributed by atoms with Crippen LogP contribution >= 0.6 is 11.8 Å². The Bertz CT molecular complexity index is 1150. The number of thioether (sulfide) groups is 1. The number of non-ortho nitro benzene ring substituents is 1. The van der Waals surface area contributed by atoms with Crippen molar-refractivity contribution in [2.75, 3.05) is 0 Å². The summed E-state index contributed by atoms with van der Waals surface area (Å²) in [5.74, 6) is 1.01. The lowest BCUT2D eigenvalue weighted by molar-refractivity contribution is -0.384. The molecule has 140 valence electrons. The van der Waals surface area contributed by atoms with E-state index >= 15 is 0 Å². The largest absolute Gasteiger partial charge is 0.332 e. The summed E-state index contributed by atoms with van der Waals surface area (Å²) >= 11 is 1.33. The second-order valence-corrected chi connectivity index (χ2v) is 6.88. The standard InChI is InChI=1S/C17H17N5O4S/c1-4-12-18-14-13(16(23)21(3)17(24)20(14)2)15(19-12)27-9-10-5-7-11(8-6-10)22(25)26/h5-8H,4,9H2,1-3H3. The third kappa shape index (κ3) is 3.47. The molecule has 0 spiro atoms. The number of benzene rings is 1. The van der Waals surface area contributed by atoms with Crippen LogP contribution in [0.2, 0.25) is 0 Å². The Kier molecular flexibility index (Phi) is 5.08. The van der Waals surface area contributed by atoms with Crippen LogP contribution in [0.15, 0.2) is 38.9 Å². The van der Waals surface area contributed by atoms with Crippen LogP contribution in [0.5, 0.6) is 0 Å². The van der Waals surface area contributed by atoms with Crippen molar-refractivity contribution in [2.24, 2.45) is 14.1 Å². The highest BCUT2D eigenvalue weighted by Gasteiger charge is 2.17. The quantitative estimate of drug-likeness (QED) is 0.284. The van der Waals surface area contributed by atoms with Gasteiger partial charge in [0, 0.05) is 38.4 Å². The van der Waals surface area contributed by atoms with Gasteiger partial charge >= 0.3 is 5.69 Å². The highest BCUT2D eigenvalue weighted by Crippen LogP contribution is 2.26. The SMILES string of the molecule is CCc1nc(SCc2ccc([N+](=O)[O-])cc2)c2c(=O)n(C)c(=O)n(C)c2n1. The molecule has 0 saturated heterocycles. The topological polar surface area (TPSA) is 113 Å². The monoisotopic (exact) mass is 387 g/mol. The van der Waals surface area contributed by atoms with Crippen molar-refractivity contribution in [3.05, 3.63) is 66.6 Å². The lowest BCUT2D eigenvalue weighted by Crippen LogP contribution is -2.37. The zero-order chi connectivity index (χ0) is 19.7. The van der Waals surface area contributed by atoms with E-state index in [2.05, 4.69) is 9.97 Å². The predicted molar refractivity (Wildman–Crippen MR) is 102 cm³/mol. The lowest BCUT2D eigenvalue weighted by atomic mass is 10.2. The number of hydrogen-bond donors (Lipinski definition) is 0. The van der Waals surface area contributed by atoms with Gasteiger partial charge in [-0.05, 0) is 5.56 Å². The maximum absolute atomic E-state index is 12.6. The van der Waals surface area contributed by atoms with Gasteiger partial charge in [-0.25, -0.2) is 14.8 Å². The zero-order valence-electron chi connectivity index (χ0n) is 15.0. The fraction of sp³-hybridized carbons (Fsp3) is 0.294. The van der Waals surface area contributed by atoms with Crippen molar-refractivity contribution in [3.8, 4) is 0 Å². The first-order valence-corrected chi connectivity index (χ1v) is 9.14. The van der Waals surface area contributed by atoms with Gasteiger partial charge in [0.15, 0.2) is 5.65 Å². The van der Waals surface area contributed by atoms with E-state index in [1.807, 2.05) is 6.92 Å². The van der Waals surface area contributed by atoms with E-state index in [-0.39, 0.29) is 5.69 Å². The van der Waals surface area contributed by atoms with Gasteiger partial charge in [-0.1, -0.05) is 19.1 Å². The van der Waals surface area contributed by atoms with Gasteiger partial charge in [0.1, 0.15) is 16.2 Å². The smallest absolute Gasteiger partial charge is 0.280 e. The molecule has 10 heteroatoms. The number of aryl methyl sites for hydroxylation is 2. The fourth-order valence-electron chi connectivity index (χ4n) is 2.60. The Morgan fingerprint density at radius 2 is 1.78 bits per heavy atom. The van der Waals surface area contributed by atoms with Gasteiger partial charge in [-0.2, -0.15) is 0 Å². The molecule has 2 aromatic heterocycles. The first kappa shape index (κ1) is 18.8. The van der Waals surface area contributed by atoms with Gasteiger partial charge in [0.2, 0.25) is 0 Å². The van der Waals surface area contributed by atoms with Crippen LogP contribution in [0.3, 0.4) is 0 Å². The molecular formula is C17H17N5O4S. The lowest BCUT2D eigenvalue weighted by Gasteiger charge is -2.11. The van der Waals surface area contributed by atoms with Crippen molar-refractivity contribution in [3.63, 3.8) is 0 Å². The zero-order valence-corrected chi connectivity index (χ0v) is 15.8. The number of fused-ring (bicyclic) bond motifs is 1. The Labute approximate surface area is 157 Å². The van der Waals surface area contributed by atoms with Crippen LogP contribution in [0, 0.1) is 10.1 Å². The molecule has 0 atom stereocenters. The van der Waals surface area contributed by atoms with Gasteiger partial charge in [-0.15, -0.1) is 11.8 Å². The third-order valence-corrected chi connectivity index (χ3v) is 5.20. The van der Waals surface area contributed by atoms with E-state index in [9.17, 15) is 19.7 Å². The Balaban J connectivity index is 2.06. The average molecular weight is 387 g/mol. The molecule has 0 aliphatic heterocycles. The first-order valence-electron chi connectivity index (χ1n) is 8.16. The summed E-state index contributed by atoms with van der Waals surface area (Å²) in [6.07, 6.45) is 0.560. The van der Waals surface area contributed by atoms with E-state index in [1.54, 1.807) is 19.2 Å². The summed E-state index contributed by atoms with van der Waals surface area (Å²) in [7, 11) is 2.99. The van der Waals surface area contributed by atoms with E-state index < -0.39 is 16.2 Å². The van der Waals surface area contributed by atoms with E-state index in [1.165, 1.54) is 35.5 Å².